The quantitative estimate of drug-likeness (QED) is 0.642. The lowest BCUT2D eigenvalue weighted by Crippen LogP contribution is -2.38. The van der Waals surface area contributed by atoms with Crippen LogP contribution in [-0.4, -0.2) is 37.9 Å². The summed E-state index contributed by atoms with van der Waals surface area (Å²) in [5.74, 6) is 0. The topological polar surface area (TPSA) is 70.6 Å². The first-order chi connectivity index (χ1) is 8.24. The van der Waals surface area contributed by atoms with E-state index in [1.807, 2.05) is 16.8 Å². The molecule has 0 aliphatic carbocycles. The maximum Gasteiger partial charge on any atom is 0.314 e. The Hall–Kier alpha value is -1.11. The third-order valence-corrected chi connectivity index (χ3v) is 2.92. The Morgan fingerprint density at radius 2 is 2.29 bits per heavy atom. The van der Waals surface area contributed by atoms with E-state index in [-0.39, 0.29) is 6.03 Å². The summed E-state index contributed by atoms with van der Waals surface area (Å²) in [7, 11) is 1.58. The number of aliphatic hydroxyl groups excluding tert-OH is 1. The van der Waals surface area contributed by atoms with Gasteiger partial charge in [0.25, 0.3) is 0 Å². The number of aliphatic hydroxyl groups is 1. The Balaban J connectivity index is 2.09. The zero-order valence-corrected chi connectivity index (χ0v) is 10.6. The van der Waals surface area contributed by atoms with Crippen molar-refractivity contribution in [1.29, 1.82) is 0 Å². The van der Waals surface area contributed by atoms with Gasteiger partial charge in [-0.25, -0.2) is 4.79 Å². The minimum Gasteiger partial charge on any atom is -0.388 e. The molecular weight excluding hydrogens is 240 g/mol. The maximum absolute atomic E-state index is 11.2. The minimum atomic E-state index is -0.513. The Bertz CT molecular complexity index is 317. The first-order valence-electron chi connectivity index (χ1n) is 5.45. The molecule has 3 N–H and O–H groups in total. The van der Waals surface area contributed by atoms with Crippen LogP contribution in [0.2, 0.25) is 0 Å². The number of urea groups is 1. The molecule has 0 spiro atoms. The SMILES string of the molecule is COCCNC(=O)NCCC(O)c1ccsc1. The first kappa shape index (κ1) is 14.0. The predicted molar refractivity (Wildman–Crippen MR) is 67.2 cm³/mol. The lowest BCUT2D eigenvalue weighted by atomic mass is 10.1. The number of hydrogen-bond acceptors (Lipinski definition) is 4. The van der Waals surface area contributed by atoms with Crippen LogP contribution in [0.5, 0.6) is 0 Å². The van der Waals surface area contributed by atoms with Crippen molar-refractivity contribution >= 4 is 17.4 Å². The van der Waals surface area contributed by atoms with Crippen molar-refractivity contribution in [3.05, 3.63) is 22.4 Å². The van der Waals surface area contributed by atoms with Crippen LogP contribution < -0.4 is 10.6 Å². The summed E-state index contributed by atoms with van der Waals surface area (Å²) in [5.41, 5.74) is 0.900. The van der Waals surface area contributed by atoms with Crippen LogP contribution in [0.3, 0.4) is 0 Å². The fraction of sp³-hybridized carbons (Fsp3) is 0.545. The van der Waals surface area contributed by atoms with Gasteiger partial charge in [-0.05, 0) is 28.8 Å². The van der Waals surface area contributed by atoms with E-state index >= 15 is 0 Å². The van der Waals surface area contributed by atoms with Gasteiger partial charge in [0.15, 0.2) is 0 Å². The van der Waals surface area contributed by atoms with E-state index in [2.05, 4.69) is 10.6 Å². The molecule has 6 heteroatoms. The molecule has 0 fully saturated rings. The number of rotatable bonds is 7. The second-order valence-corrected chi connectivity index (χ2v) is 4.32. The molecule has 1 rings (SSSR count). The van der Waals surface area contributed by atoms with Crippen LogP contribution in [0.25, 0.3) is 0 Å². The zero-order chi connectivity index (χ0) is 12.5. The van der Waals surface area contributed by atoms with Gasteiger partial charge in [0.2, 0.25) is 0 Å². The van der Waals surface area contributed by atoms with E-state index in [1.165, 1.54) is 0 Å². The summed E-state index contributed by atoms with van der Waals surface area (Å²) < 4.78 is 4.80. The molecular formula is C11H18N2O3S. The van der Waals surface area contributed by atoms with Gasteiger partial charge in [0, 0.05) is 20.2 Å². The molecule has 2 amide bonds. The molecule has 0 aliphatic heterocycles. The number of carbonyl (C=O) groups is 1. The molecule has 0 saturated carbocycles. The first-order valence-corrected chi connectivity index (χ1v) is 6.39. The maximum atomic E-state index is 11.2. The summed E-state index contributed by atoms with van der Waals surface area (Å²) >= 11 is 1.55. The summed E-state index contributed by atoms with van der Waals surface area (Å²) in [6, 6.07) is 1.65. The largest absolute Gasteiger partial charge is 0.388 e. The molecule has 0 bridgehead atoms. The van der Waals surface area contributed by atoms with E-state index in [4.69, 9.17) is 4.74 Å². The molecule has 1 aromatic heterocycles. The number of carbonyl (C=O) groups excluding carboxylic acids is 1. The van der Waals surface area contributed by atoms with Crippen LogP contribution in [-0.2, 0) is 4.74 Å². The Morgan fingerprint density at radius 1 is 1.53 bits per heavy atom. The van der Waals surface area contributed by atoms with Crippen molar-refractivity contribution in [2.24, 2.45) is 0 Å². The molecule has 1 unspecified atom stereocenters. The lowest BCUT2D eigenvalue weighted by molar-refractivity contribution is 0.166. The van der Waals surface area contributed by atoms with Crippen molar-refractivity contribution in [2.45, 2.75) is 12.5 Å². The van der Waals surface area contributed by atoms with Crippen molar-refractivity contribution in [2.75, 3.05) is 26.8 Å². The van der Waals surface area contributed by atoms with Crippen LogP contribution >= 0.6 is 11.3 Å². The Labute approximate surface area is 105 Å². The van der Waals surface area contributed by atoms with Crippen molar-refractivity contribution in [3.63, 3.8) is 0 Å². The number of amides is 2. The molecule has 96 valence electrons. The summed E-state index contributed by atoms with van der Waals surface area (Å²) in [5, 5.41) is 18.9. The van der Waals surface area contributed by atoms with Crippen molar-refractivity contribution in [3.8, 4) is 0 Å². The van der Waals surface area contributed by atoms with Gasteiger partial charge in [0.1, 0.15) is 0 Å². The average Bonchev–Trinajstić information content (AvgIpc) is 2.82. The molecule has 0 aromatic carbocycles. The highest BCUT2D eigenvalue weighted by atomic mass is 32.1. The van der Waals surface area contributed by atoms with Crippen LogP contribution in [0, 0.1) is 0 Å². The summed E-state index contributed by atoms with van der Waals surface area (Å²) in [4.78, 5) is 11.2. The molecule has 1 aromatic rings. The van der Waals surface area contributed by atoms with Crippen LogP contribution in [0.15, 0.2) is 16.8 Å². The molecule has 1 heterocycles. The van der Waals surface area contributed by atoms with Crippen molar-refractivity contribution in [1.82, 2.24) is 10.6 Å². The van der Waals surface area contributed by atoms with E-state index in [0.29, 0.717) is 26.1 Å². The highest BCUT2D eigenvalue weighted by Crippen LogP contribution is 2.18. The highest BCUT2D eigenvalue weighted by molar-refractivity contribution is 7.07. The van der Waals surface area contributed by atoms with Gasteiger partial charge < -0.3 is 20.5 Å². The van der Waals surface area contributed by atoms with Crippen LogP contribution in [0.4, 0.5) is 4.79 Å². The normalized spacial score (nSPS) is 12.1. The van der Waals surface area contributed by atoms with E-state index in [0.717, 1.165) is 5.56 Å². The fourth-order valence-corrected chi connectivity index (χ4v) is 1.99. The second-order valence-electron chi connectivity index (χ2n) is 3.54. The van der Waals surface area contributed by atoms with Gasteiger partial charge in [-0.15, -0.1) is 0 Å². The highest BCUT2D eigenvalue weighted by Gasteiger charge is 2.08. The monoisotopic (exact) mass is 258 g/mol. The van der Waals surface area contributed by atoms with Gasteiger partial charge >= 0.3 is 6.03 Å². The van der Waals surface area contributed by atoms with E-state index in [1.54, 1.807) is 18.4 Å². The molecule has 0 aliphatic rings. The fourth-order valence-electron chi connectivity index (χ4n) is 1.28. The zero-order valence-electron chi connectivity index (χ0n) is 9.81. The third-order valence-electron chi connectivity index (χ3n) is 2.22. The number of hydrogen-bond donors (Lipinski definition) is 3. The summed E-state index contributed by atoms with van der Waals surface area (Å²) in [6.45, 7) is 1.41. The number of methoxy groups -OCH3 is 1. The second kappa shape index (κ2) is 8.05. The number of nitrogens with one attached hydrogen (secondary N) is 2. The van der Waals surface area contributed by atoms with Gasteiger partial charge in [0.05, 0.1) is 12.7 Å². The molecule has 1 atom stereocenters. The lowest BCUT2D eigenvalue weighted by Gasteiger charge is -2.10. The number of thiophene rings is 1. The average molecular weight is 258 g/mol. The van der Waals surface area contributed by atoms with Gasteiger partial charge in [-0.1, -0.05) is 0 Å². The summed E-state index contributed by atoms with van der Waals surface area (Å²) in [6.07, 6.45) is -0.00504. The smallest absolute Gasteiger partial charge is 0.314 e. The van der Waals surface area contributed by atoms with E-state index < -0.39 is 6.10 Å². The Morgan fingerprint density at radius 3 is 2.94 bits per heavy atom. The standard InChI is InChI=1S/C11H18N2O3S/c1-16-6-5-13-11(15)12-4-2-10(14)9-3-7-17-8-9/h3,7-8,10,14H,2,4-6H2,1H3,(H2,12,13,15). The third kappa shape index (κ3) is 5.67. The number of ether oxygens (including phenoxy) is 1. The predicted octanol–water partition coefficient (Wildman–Crippen LogP) is 1.12. The van der Waals surface area contributed by atoms with Gasteiger partial charge in [-0.3, -0.25) is 0 Å². The van der Waals surface area contributed by atoms with Crippen molar-refractivity contribution < 1.29 is 14.6 Å². The molecule has 17 heavy (non-hydrogen) atoms. The minimum absolute atomic E-state index is 0.237. The Kier molecular flexibility index (Phi) is 6.61. The van der Waals surface area contributed by atoms with Crippen LogP contribution in [0.1, 0.15) is 18.1 Å². The van der Waals surface area contributed by atoms with Gasteiger partial charge in [-0.2, -0.15) is 11.3 Å². The van der Waals surface area contributed by atoms with E-state index in [9.17, 15) is 9.90 Å². The molecule has 0 radical (unpaired) electrons. The molecule has 5 nitrogen and oxygen atoms in total. The molecule has 0 saturated heterocycles.